The Balaban J connectivity index is 3.55. The molecule has 490 valence electrons. The van der Waals surface area contributed by atoms with Gasteiger partial charge in [0.15, 0.2) is 12.2 Å². The van der Waals surface area contributed by atoms with Crippen LogP contribution in [0, 0.1) is 0 Å². The normalized spacial score (nSPS) is 14.9. The minimum Gasteiger partial charge on any atom is -0.480 e. The van der Waals surface area contributed by atoms with Gasteiger partial charge in [0.1, 0.15) is 42.7 Å². The molecule has 0 heterocycles. The molecule has 0 spiro atoms. The summed E-state index contributed by atoms with van der Waals surface area (Å²) >= 11 is 0. The first-order chi connectivity index (χ1) is 40.1. The fourth-order valence-corrected chi connectivity index (χ4v) is 10.3. The van der Waals surface area contributed by atoms with E-state index in [1.54, 1.807) is 0 Å². The van der Waals surface area contributed by atoms with Crippen LogP contribution in [0.5, 0.6) is 0 Å². The summed E-state index contributed by atoms with van der Waals surface area (Å²) in [6.07, 6.45) is 34.7. The van der Waals surface area contributed by atoms with Crippen molar-refractivity contribution >= 4 is 29.6 Å². The van der Waals surface area contributed by atoms with Crippen LogP contribution in [-0.2, 0) is 24.0 Å². The predicted octanol–water partition coefficient (Wildman–Crippen LogP) is 6.94. The van der Waals surface area contributed by atoms with Gasteiger partial charge in [-0.05, 0) is 25.7 Å². The minimum absolute atomic E-state index is 0.113. The van der Waals surface area contributed by atoms with Gasteiger partial charge in [-0.2, -0.15) is 0 Å². The Kier molecular flexibility index (Phi) is 54.7. The fraction of sp³-hybridized carbons (Fsp3) is 0.921. The molecular formula is C63H122N4O16. The smallest absolute Gasteiger partial charge is 0.328 e. The molecule has 9 atom stereocenters. The Morgan fingerprint density at radius 2 is 0.518 bits per heavy atom. The van der Waals surface area contributed by atoms with Crippen LogP contribution in [0.2, 0.25) is 0 Å². The van der Waals surface area contributed by atoms with E-state index >= 15 is 0 Å². The maximum absolute atomic E-state index is 12.5. The predicted molar refractivity (Wildman–Crippen MR) is 324 cm³/mol. The Bertz CT molecular complexity index is 1550. The van der Waals surface area contributed by atoms with E-state index in [0.29, 0.717) is 19.5 Å². The average molecular weight is 1190 g/mol. The van der Waals surface area contributed by atoms with Crippen molar-refractivity contribution in [3.8, 4) is 0 Å². The zero-order valence-corrected chi connectivity index (χ0v) is 51.3. The number of carboxylic acids is 1. The Hall–Kier alpha value is -3.05. The van der Waals surface area contributed by atoms with Crippen LogP contribution in [0.3, 0.4) is 0 Å². The van der Waals surface area contributed by atoms with E-state index in [1.807, 2.05) is 0 Å². The van der Waals surface area contributed by atoms with E-state index in [4.69, 9.17) is 10.2 Å². The molecule has 0 aromatic rings. The number of amides is 4. The standard InChI is InChI=1S/C63H122N4O16/c68-48-51(70)55(74)57(76)59(78)61(80)64-45-41-37-33-29-25-21-17-13-9-5-1-3-7-11-15-19-23-27-31-35-39-43-53(72)66-47-50(63(82)83)67-54(73)44-40-36-32-28-24-20-16-12-8-4-2-6-10-14-18-22-26-30-34-38-42-46-65-62(81)60(79)58(77)56(75)52(71)49-69/h50-52,55-60,68-71,74-79H,1-49H2,(H,64,80)(H,65,81)(H,66,72)(H,67,73)(H,82,83)/t50?,51-,52+,55+,56-,57-,58+,59+,60-/m1/s1. The van der Waals surface area contributed by atoms with Gasteiger partial charge < -0.3 is 77.4 Å². The summed E-state index contributed by atoms with van der Waals surface area (Å²) < 4.78 is 0. The Morgan fingerprint density at radius 1 is 0.289 bits per heavy atom. The molecule has 15 N–H and O–H groups in total. The lowest BCUT2D eigenvalue weighted by Gasteiger charge is -2.24. The molecule has 0 aliphatic carbocycles. The third kappa shape index (κ3) is 46.8. The molecule has 0 aliphatic heterocycles. The average Bonchev–Trinajstić information content (AvgIpc) is 3.55. The van der Waals surface area contributed by atoms with Gasteiger partial charge in [0.05, 0.1) is 13.2 Å². The van der Waals surface area contributed by atoms with Crippen molar-refractivity contribution in [2.45, 2.75) is 337 Å². The first-order valence-corrected chi connectivity index (χ1v) is 33.1. The van der Waals surface area contributed by atoms with Crippen molar-refractivity contribution in [2.75, 3.05) is 32.8 Å². The van der Waals surface area contributed by atoms with Gasteiger partial charge in [-0.15, -0.1) is 0 Å². The highest BCUT2D eigenvalue weighted by atomic mass is 16.4. The lowest BCUT2D eigenvalue weighted by molar-refractivity contribution is -0.149. The van der Waals surface area contributed by atoms with Gasteiger partial charge in [0.2, 0.25) is 11.8 Å². The number of hydrogen-bond acceptors (Lipinski definition) is 15. The highest BCUT2D eigenvalue weighted by Crippen LogP contribution is 2.18. The second-order valence-electron chi connectivity index (χ2n) is 23.5. The number of nitrogens with one attached hydrogen (secondary N) is 4. The third-order valence-electron chi connectivity index (χ3n) is 15.9. The molecule has 0 aromatic heterocycles. The number of rotatable bonds is 62. The van der Waals surface area contributed by atoms with Gasteiger partial charge in [-0.3, -0.25) is 19.2 Å². The molecule has 83 heavy (non-hydrogen) atoms. The molecule has 0 radical (unpaired) electrons. The summed E-state index contributed by atoms with van der Waals surface area (Å²) in [5, 5.41) is 115. The molecule has 0 bridgehead atoms. The molecule has 4 amide bonds. The van der Waals surface area contributed by atoms with Crippen molar-refractivity contribution in [2.24, 2.45) is 0 Å². The molecule has 0 saturated heterocycles. The number of hydrogen-bond donors (Lipinski definition) is 15. The first kappa shape index (κ1) is 80.0. The van der Waals surface area contributed by atoms with E-state index in [-0.39, 0.29) is 24.8 Å². The highest BCUT2D eigenvalue weighted by molar-refractivity contribution is 5.84. The maximum atomic E-state index is 12.5. The van der Waals surface area contributed by atoms with Gasteiger partial charge >= 0.3 is 5.97 Å². The van der Waals surface area contributed by atoms with E-state index in [9.17, 15) is 69.9 Å². The number of carbonyl (C=O) groups excluding carboxylic acids is 4. The number of aliphatic carboxylic acids is 1. The van der Waals surface area contributed by atoms with Gasteiger partial charge in [0, 0.05) is 32.5 Å². The van der Waals surface area contributed by atoms with Crippen LogP contribution in [0.15, 0.2) is 0 Å². The van der Waals surface area contributed by atoms with Crippen molar-refractivity contribution in [1.29, 1.82) is 0 Å². The molecule has 0 aliphatic rings. The molecule has 0 rings (SSSR count). The molecule has 0 fully saturated rings. The zero-order valence-electron chi connectivity index (χ0n) is 51.3. The van der Waals surface area contributed by atoms with E-state index in [2.05, 4.69) is 21.3 Å². The van der Waals surface area contributed by atoms with Crippen molar-refractivity contribution in [3.05, 3.63) is 0 Å². The molecular weight excluding hydrogens is 1070 g/mol. The van der Waals surface area contributed by atoms with Crippen LogP contribution in [0.1, 0.15) is 283 Å². The Morgan fingerprint density at radius 3 is 0.759 bits per heavy atom. The number of aliphatic hydroxyl groups is 10. The van der Waals surface area contributed by atoms with Crippen LogP contribution >= 0.6 is 0 Å². The van der Waals surface area contributed by atoms with Crippen LogP contribution in [-0.4, -0.2) is 173 Å². The summed E-state index contributed by atoms with van der Waals surface area (Å²) in [6, 6.07) is -1.13. The molecule has 0 aromatic carbocycles. The van der Waals surface area contributed by atoms with Crippen LogP contribution < -0.4 is 21.3 Å². The third-order valence-corrected chi connectivity index (χ3v) is 15.9. The van der Waals surface area contributed by atoms with E-state index in [1.165, 1.54) is 167 Å². The fourth-order valence-electron chi connectivity index (χ4n) is 10.3. The lowest BCUT2D eigenvalue weighted by atomic mass is 10.0. The quantitative estimate of drug-likeness (QED) is 0.0274. The largest absolute Gasteiger partial charge is 0.480 e. The van der Waals surface area contributed by atoms with Gasteiger partial charge in [-0.1, -0.05) is 244 Å². The van der Waals surface area contributed by atoms with Crippen molar-refractivity contribution < 1.29 is 80.1 Å². The number of unbranched alkanes of at least 4 members (excludes halogenated alkanes) is 40. The van der Waals surface area contributed by atoms with Crippen LogP contribution in [0.4, 0.5) is 0 Å². The number of aliphatic hydroxyl groups excluding tert-OH is 10. The van der Waals surface area contributed by atoms with Crippen molar-refractivity contribution in [1.82, 2.24) is 21.3 Å². The van der Waals surface area contributed by atoms with Gasteiger partial charge in [-0.25, -0.2) is 4.79 Å². The Labute approximate surface area is 499 Å². The second kappa shape index (κ2) is 56.7. The zero-order chi connectivity index (χ0) is 61.6. The van der Waals surface area contributed by atoms with E-state index < -0.39 is 85.9 Å². The highest BCUT2D eigenvalue weighted by Gasteiger charge is 2.35. The maximum Gasteiger partial charge on any atom is 0.328 e. The summed E-state index contributed by atoms with van der Waals surface area (Å²) in [5.74, 6) is -3.26. The molecule has 0 saturated carbocycles. The van der Waals surface area contributed by atoms with E-state index in [0.717, 1.165) is 103 Å². The van der Waals surface area contributed by atoms with Crippen LogP contribution in [0.25, 0.3) is 0 Å². The summed E-state index contributed by atoms with van der Waals surface area (Å²) in [6.45, 7) is -1.01. The minimum atomic E-state index is -1.89. The lowest BCUT2D eigenvalue weighted by Crippen LogP contribution is -2.51. The topological polar surface area (TPSA) is 356 Å². The second-order valence-corrected chi connectivity index (χ2v) is 23.5. The van der Waals surface area contributed by atoms with Gasteiger partial charge in [0.25, 0.3) is 11.8 Å². The molecule has 20 nitrogen and oxygen atoms in total. The first-order valence-electron chi connectivity index (χ1n) is 33.1. The SMILES string of the molecule is O=C(CCCCCCCCCCCCCCCCCCCCCCCNC(=O)[C@@H](O)[C@H](O)[C@@H](O)[C@H](O)CO)NCC(NC(=O)CCCCCCCCCCCCCCCCCCCCCCCNC(=O)[C@H](O)[C@@H](O)[C@H](O)[C@@H](O)CO)C(=O)O. The summed E-state index contributed by atoms with van der Waals surface area (Å²) in [7, 11) is 0. The van der Waals surface area contributed by atoms with Crippen molar-refractivity contribution in [3.63, 3.8) is 0 Å². The molecule has 1 unspecified atom stereocenters. The number of carboxylic acid groups (broad SMARTS) is 1. The monoisotopic (exact) mass is 1190 g/mol. The number of carbonyl (C=O) groups is 5. The summed E-state index contributed by atoms with van der Waals surface area (Å²) in [5.41, 5.74) is 0. The summed E-state index contributed by atoms with van der Waals surface area (Å²) in [4.78, 5) is 60.6. The molecule has 20 heteroatoms.